The first-order valence-corrected chi connectivity index (χ1v) is 15.9. The molecule has 2 heterocycles. The molecule has 0 amide bonds. The summed E-state index contributed by atoms with van der Waals surface area (Å²) in [5, 5.41) is 42.0. The smallest absolute Gasteiger partial charge is 0.346 e. The number of hydrogen-bond donors (Lipinski definition) is 4. The van der Waals surface area contributed by atoms with Crippen LogP contribution in [0.4, 0.5) is 0 Å². The van der Waals surface area contributed by atoms with Crippen LogP contribution in [-0.2, 0) is 9.47 Å². The Morgan fingerprint density at radius 2 is 0.673 bits per heavy atom. The first kappa shape index (κ1) is 33.9. The maximum Gasteiger partial charge on any atom is 0.346 e. The van der Waals surface area contributed by atoms with Gasteiger partial charge in [-0.05, 0) is 93.0 Å². The van der Waals surface area contributed by atoms with Crippen molar-refractivity contribution in [3.05, 3.63) is 129 Å². The summed E-state index contributed by atoms with van der Waals surface area (Å²) in [7, 11) is 0. The highest BCUT2D eigenvalue weighted by Crippen LogP contribution is 2.45. The van der Waals surface area contributed by atoms with Gasteiger partial charge in [-0.1, -0.05) is 24.3 Å². The Labute approximate surface area is 304 Å². The molecular weight excluding hydrogens is 720 g/mol. The minimum absolute atomic E-state index is 0.0539. The van der Waals surface area contributed by atoms with Gasteiger partial charge in [0.25, 0.3) is 0 Å². The molecule has 0 spiro atoms. The summed E-state index contributed by atoms with van der Waals surface area (Å²) in [6.45, 7) is 0. The molecule has 9 rings (SSSR count). The molecule has 0 aromatic heterocycles. The first-order valence-electron chi connectivity index (χ1n) is 15.9. The fourth-order valence-corrected chi connectivity index (χ4v) is 6.99. The van der Waals surface area contributed by atoms with Crippen molar-refractivity contribution in [1.82, 2.24) is 0 Å². The van der Waals surface area contributed by atoms with Crippen molar-refractivity contribution in [3.8, 4) is 11.5 Å². The van der Waals surface area contributed by atoms with Gasteiger partial charge in [0.15, 0.2) is 0 Å². The van der Waals surface area contributed by atoms with Crippen molar-refractivity contribution in [3.63, 3.8) is 0 Å². The molecule has 0 fully saturated rings. The number of aromatic carboxylic acids is 4. The normalized spacial score (nSPS) is 13.0. The SMILES string of the molecule is O=C(O)c1ccc(Oc2ccc(C(=O)O)c(C(=O)O)c2)cc1C(=O)O.O=C1OC(=O)c2ccc3c4ccc5c6c(ccc(c7ccc1c2c73)c64)C(=O)OC5=O. The standard InChI is InChI=1S/C24H8O6.C16H10O9/c25-21-13-5-1-9-10-2-6-15-20-16(24(28)30-23(15)27)8-4-12(18(10)20)11-3-7-14(22(26)29-21)19(13)17(9)11;17-13(18)9-3-1-7(5-11(9)15(21)22)25-8-2-4-10(14(19)20)12(6-8)16(23)24/h1-8H;1-6H,(H,17,18)(H,19,20)(H,21,22)(H,23,24). The quantitative estimate of drug-likeness (QED) is 0.0605. The lowest BCUT2D eigenvalue weighted by molar-refractivity contribution is 0.0373. The highest BCUT2D eigenvalue weighted by atomic mass is 16.6. The van der Waals surface area contributed by atoms with Gasteiger partial charge in [-0.2, -0.15) is 0 Å². The Kier molecular flexibility index (Phi) is 7.52. The third-order valence-corrected chi connectivity index (χ3v) is 9.29. The van der Waals surface area contributed by atoms with Crippen molar-refractivity contribution in [2.24, 2.45) is 0 Å². The lowest BCUT2D eigenvalue weighted by atomic mass is 9.83. The van der Waals surface area contributed by atoms with E-state index >= 15 is 0 Å². The molecule has 7 aromatic carbocycles. The molecule has 0 unspecified atom stereocenters. The van der Waals surface area contributed by atoms with Gasteiger partial charge in [0.1, 0.15) is 11.5 Å². The Morgan fingerprint density at radius 1 is 0.382 bits per heavy atom. The molecule has 0 atom stereocenters. The van der Waals surface area contributed by atoms with E-state index in [-0.39, 0.29) is 11.5 Å². The largest absolute Gasteiger partial charge is 0.478 e. The summed E-state index contributed by atoms with van der Waals surface area (Å²) in [5.74, 6) is -8.58. The van der Waals surface area contributed by atoms with Crippen molar-refractivity contribution in [1.29, 1.82) is 0 Å². The average Bonchev–Trinajstić information content (AvgIpc) is 3.15. The second-order valence-electron chi connectivity index (χ2n) is 12.2. The number of carboxylic acid groups (broad SMARTS) is 4. The molecule has 0 aliphatic carbocycles. The highest BCUT2D eigenvalue weighted by molar-refractivity contribution is 6.39. The molecule has 7 aromatic rings. The summed E-state index contributed by atoms with van der Waals surface area (Å²) < 4.78 is 15.1. The zero-order valence-corrected chi connectivity index (χ0v) is 27.4. The second-order valence-corrected chi connectivity index (χ2v) is 12.2. The van der Waals surface area contributed by atoms with Crippen molar-refractivity contribution >= 4 is 90.8 Å². The fraction of sp³-hybridized carbons (Fsp3) is 0. The zero-order chi connectivity index (χ0) is 39.0. The highest BCUT2D eigenvalue weighted by Gasteiger charge is 2.32. The monoisotopic (exact) mass is 738 g/mol. The van der Waals surface area contributed by atoms with E-state index in [1.54, 1.807) is 24.3 Å². The molecule has 0 radical (unpaired) electrons. The topological polar surface area (TPSA) is 245 Å². The first-order chi connectivity index (χ1) is 26.2. The number of rotatable bonds is 6. The van der Waals surface area contributed by atoms with E-state index in [1.165, 1.54) is 12.1 Å². The van der Waals surface area contributed by atoms with Crippen LogP contribution in [0.2, 0.25) is 0 Å². The molecule has 55 heavy (non-hydrogen) atoms. The molecule has 0 saturated heterocycles. The van der Waals surface area contributed by atoms with Crippen molar-refractivity contribution in [2.75, 3.05) is 0 Å². The Morgan fingerprint density at radius 3 is 0.945 bits per heavy atom. The van der Waals surface area contributed by atoms with E-state index in [2.05, 4.69) is 0 Å². The third-order valence-electron chi connectivity index (χ3n) is 9.29. The molecule has 2 aliphatic rings. The molecule has 268 valence electrons. The van der Waals surface area contributed by atoms with E-state index in [9.17, 15) is 38.4 Å². The summed E-state index contributed by atoms with van der Waals surface area (Å²) in [5.41, 5.74) is -0.511. The van der Waals surface area contributed by atoms with Crippen LogP contribution in [0.5, 0.6) is 11.5 Å². The van der Waals surface area contributed by atoms with E-state index in [0.29, 0.717) is 33.0 Å². The minimum Gasteiger partial charge on any atom is -0.478 e. The number of fused-ring (bicyclic) bond motifs is 2. The Balaban J connectivity index is 0.000000159. The predicted molar refractivity (Wildman–Crippen MR) is 188 cm³/mol. The van der Waals surface area contributed by atoms with Gasteiger partial charge in [0.05, 0.1) is 44.5 Å². The fourth-order valence-electron chi connectivity index (χ4n) is 6.99. The van der Waals surface area contributed by atoms with Gasteiger partial charge in [-0.3, -0.25) is 0 Å². The van der Waals surface area contributed by atoms with Crippen LogP contribution < -0.4 is 4.74 Å². The third kappa shape index (κ3) is 5.22. The van der Waals surface area contributed by atoms with Crippen LogP contribution in [0.3, 0.4) is 0 Å². The van der Waals surface area contributed by atoms with E-state index < -0.39 is 70.0 Å². The summed E-state index contributed by atoms with van der Waals surface area (Å²) in [6, 6.07) is 20.3. The maximum atomic E-state index is 12.3. The van der Waals surface area contributed by atoms with Crippen LogP contribution in [0, 0.1) is 0 Å². The van der Waals surface area contributed by atoms with E-state index in [1.807, 2.05) is 24.3 Å². The predicted octanol–water partition coefficient (Wildman–Crippen LogP) is 6.63. The van der Waals surface area contributed by atoms with Gasteiger partial charge in [-0.15, -0.1) is 0 Å². The molecule has 2 aliphatic heterocycles. The van der Waals surface area contributed by atoms with E-state index in [4.69, 9.17) is 34.6 Å². The van der Waals surface area contributed by atoms with Gasteiger partial charge >= 0.3 is 47.8 Å². The number of carboxylic acids is 4. The van der Waals surface area contributed by atoms with Crippen LogP contribution in [0.15, 0.2) is 84.9 Å². The zero-order valence-electron chi connectivity index (χ0n) is 27.4. The van der Waals surface area contributed by atoms with Crippen LogP contribution in [0.25, 0.3) is 43.1 Å². The molecule has 4 N–H and O–H groups in total. The summed E-state index contributed by atoms with van der Waals surface area (Å²) in [6.07, 6.45) is 0. The van der Waals surface area contributed by atoms with Gasteiger partial charge in [-0.25, -0.2) is 38.4 Å². The van der Waals surface area contributed by atoms with Gasteiger partial charge in [0, 0.05) is 10.8 Å². The van der Waals surface area contributed by atoms with Crippen LogP contribution >= 0.6 is 0 Å². The number of cyclic esters (lactones) is 4. The lowest BCUT2D eigenvalue weighted by Crippen LogP contribution is -2.20. The average molecular weight is 739 g/mol. The molecule has 0 saturated carbocycles. The van der Waals surface area contributed by atoms with Gasteiger partial charge in [0.2, 0.25) is 0 Å². The van der Waals surface area contributed by atoms with Crippen LogP contribution in [0.1, 0.15) is 82.9 Å². The summed E-state index contributed by atoms with van der Waals surface area (Å²) >= 11 is 0. The molecule has 15 nitrogen and oxygen atoms in total. The second kappa shape index (κ2) is 12.2. The number of carbonyl (C=O) groups excluding carboxylic acids is 4. The van der Waals surface area contributed by atoms with Crippen molar-refractivity contribution < 1.29 is 73.0 Å². The van der Waals surface area contributed by atoms with Crippen LogP contribution in [-0.4, -0.2) is 68.2 Å². The number of ether oxygens (including phenoxy) is 3. The molecule has 15 heteroatoms. The number of hydrogen-bond acceptors (Lipinski definition) is 11. The Bertz CT molecular complexity index is 2680. The minimum atomic E-state index is -1.48. The number of benzene rings is 7. The Hall–Kier alpha value is -8.20. The van der Waals surface area contributed by atoms with Gasteiger partial charge < -0.3 is 34.6 Å². The molecular formula is C40H18O15. The number of carbonyl (C=O) groups is 8. The lowest BCUT2D eigenvalue weighted by Gasteiger charge is -2.22. The van der Waals surface area contributed by atoms with E-state index in [0.717, 1.165) is 56.6 Å². The molecule has 0 bridgehead atoms. The maximum absolute atomic E-state index is 12.3. The van der Waals surface area contributed by atoms with Crippen molar-refractivity contribution in [2.45, 2.75) is 0 Å². The number of esters is 4. The summed E-state index contributed by atoms with van der Waals surface area (Å²) in [4.78, 5) is 93.5.